The van der Waals surface area contributed by atoms with Crippen molar-refractivity contribution in [1.82, 2.24) is 9.97 Å². The summed E-state index contributed by atoms with van der Waals surface area (Å²) in [6, 6.07) is 0.975. The standard InChI is InChI=1S/C10H10F2N2O2/c1-16-10(15)7-4-6(8(11)12)13-9(14-7)5-2-3-5/h4-5,8H,2-3H2,1H3. The molecule has 1 aliphatic rings. The molecule has 0 atom stereocenters. The Kier molecular flexibility index (Phi) is 2.80. The highest BCUT2D eigenvalue weighted by Gasteiger charge is 2.29. The molecule has 1 aromatic rings. The van der Waals surface area contributed by atoms with E-state index in [0.29, 0.717) is 5.82 Å². The Hall–Kier alpha value is -1.59. The van der Waals surface area contributed by atoms with Gasteiger partial charge in [0.15, 0.2) is 5.69 Å². The lowest BCUT2D eigenvalue weighted by atomic mass is 10.3. The average molecular weight is 228 g/mol. The van der Waals surface area contributed by atoms with Gasteiger partial charge in [-0.25, -0.2) is 23.5 Å². The molecule has 1 fully saturated rings. The van der Waals surface area contributed by atoms with Crippen LogP contribution < -0.4 is 0 Å². The quantitative estimate of drug-likeness (QED) is 0.743. The summed E-state index contributed by atoms with van der Waals surface area (Å²) in [7, 11) is 1.18. The number of carbonyl (C=O) groups excluding carboxylic acids is 1. The van der Waals surface area contributed by atoms with Crippen molar-refractivity contribution in [1.29, 1.82) is 0 Å². The molecule has 1 aromatic heterocycles. The SMILES string of the molecule is COC(=O)c1cc(C(F)F)nc(C2CC2)n1. The fourth-order valence-corrected chi connectivity index (χ4v) is 1.33. The molecule has 0 unspecified atom stereocenters. The zero-order chi connectivity index (χ0) is 11.7. The number of nitrogens with zero attached hydrogens (tertiary/aromatic N) is 2. The molecule has 1 saturated carbocycles. The van der Waals surface area contributed by atoms with Crippen molar-refractivity contribution in [3.8, 4) is 0 Å². The van der Waals surface area contributed by atoms with Gasteiger partial charge in [0.1, 0.15) is 11.5 Å². The Morgan fingerprint density at radius 2 is 2.19 bits per heavy atom. The smallest absolute Gasteiger partial charge is 0.356 e. The third-order valence-electron chi connectivity index (χ3n) is 2.32. The first-order valence-electron chi connectivity index (χ1n) is 4.87. The van der Waals surface area contributed by atoms with Gasteiger partial charge in [0.2, 0.25) is 0 Å². The van der Waals surface area contributed by atoms with Crippen LogP contribution in [0.1, 0.15) is 47.2 Å². The van der Waals surface area contributed by atoms with Gasteiger partial charge in [-0.1, -0.05) is 0 Å². The van der Waals surface area contributed by atoms with Crippen molar-refractivity contribution in [3.63, 3.8) is 0 Å². The molecule has 0 saturated heterocycles. The molecule has 6 heteroatoms. The normalized spacial score (nSPS) is 15.2. The Morgan fingerprint density at radius 3 is 2.69 bits per heavy atom. The molecule has 1 aliphatic carbocycles. The molecule has 0 aliphatic heterocycles. The highest BCUT2D eigenvalue weighted by molar-refractivity contribution is 5.87. The predicted octanol–water partition coefficient (Wildman–Crippen LogP) is 2.08. The van der Waals surface area contributed by atoms with Crippen molar-refractivity contribution in [2.24, 2.45) is 0 Å². The van der Waals surface area contributed by atoms with E-state index >= 15 is 0 Å². The van der Waals surface area contributed by atoms with Gasteiger partial charge in [-0.2, -0.15) is 0 Å². The van der Waals surface area contributed by atoms with E-state index < -0.39 is 18.1 Å². The van der Waals surface area contributed by atoms with E-state index in [4.69, 9.17) is 0 Å². The second-order valence-electron chi connectivity index (χ2n) is 3.60. The van der Waals surface area contributed by atoms with Crippen molar-refractivity contribution in [3.05, 3.63) is 23.3 Å². The first kappa shape index (κ1) is 10.9. The lowest BCUT2D eigenvalue weighted by Gasteiger charge is -2.05. The molecule has 0 aromatic carbocycles. The largest absolute Gasteiger partial charge is 0.464 e. The summed E-state index contributed by atoms with van der Waals surface area (Å²) in [4.78, 5) is 18.9. The lowest BCUT2D eigenvalue weighted by molar-refractivity contribution is 0.0592. The van der Waals surface area contributed by atoms with Gasteiger partial charge >= 0.3 is 5.97 Å². The summed E-state index contributed by atoms with van der Waals surface area (Å²) >= 11 is 0. The first-order chi connectivity index (χ1) is 7.61. The van der Waals surface area contributed by atoms with Gasteiger partial charge < -0.3 is 4.74 Å². The molecule has 0 radical (unpaired) electrons. The maximum Gasteiger partial charge on any atom is 0.356 e. The molecule has 1 heterocycles. The molecule has 4 nitrogen and oxygen atoms in total. The van der Waals surface area contributed by atoms with Gasteiger partial charge in [-0.3, -0.25) is 0 Å². The van der Waals surface area contributed by atoms with Crippen LogP contribution in [0, 0.1) is 0 Å². The maximum atomic E-state index is 12.5. The fourth-order valence-electron chi connectivity index (χ4n) is 1.33. The Labute approximate surface area is 90.7 Å². The monoisotopic (exact) mass is 228 g/mol. The highest BCUT2D eigenvalue weighted by atomic mass is 19.3. The number of aromatic nitrogens is 2. The van der Waals surface area contributed by atoms with Crippen LogP contribution in [0.5, 0.6) is 0 Å². The van der Waals surface area contributed by atoms with E-state index in [1.807, 2.05) is 0 Å². The summed E-state index contributed by atoms with van der Waals surface area (Å²) < 4.78 is 29.5. The van der Waals surface area contributed by atoms with Crippen molar-refractivity contribution >= 4 is 5.97 Å². The van der Waals surface area contributed by atoms with Crippen LogP contribution in [-0.2, 0) is 4.74 Å². The van der Waals surface area contributed by atoms with Crippen LogP contribution in [0.15, 0.2) is 6.07 Å². The van der Waals surface area contributed by atoms with E-state index in [0.717, 1.165) is 18.9 Å². The van der Waals surface area contributed by atoms with Crippen LogP contribution >= 0.6 is 0 Å². The average Bonchev–Trinajstić information content (AvgIpc) is 3.11. The Morgan fingerprint density at radius 1 is 1.50 bits per heavy atom. The topological polar surface area (TPSA) is 52.1 Å². The number of alkyl halides is 2. The number of halogens is 2. The molecule has 0 spiro atoms. The summed E-state index contributed by atoms with van der Waals surface area (Å²) in [6.07, 6.45) is -0.940. The zero-order valence-electron chi connectivity index (χ0n) is 8.61. The van der Waals surface area contributed by atoms with Crippen molar-refractivity contribution in [2.75, 3.05) is 7.11 Å². The Balaban J connectivity index is 2.40. The Bertz CT molecular complexity index is 399. The summed E-state index contributed by atoms with van der Waals surface area (Å²) in [5.74, 6) is -0.286. The van der Waals surface area contributed by atoms with Crippen molar-refractivity contribution in [2.45, 2.75) is 25.2 Å². The van der Waals surface area contributed by atoms with E-state index in [9.17, 15) is 13.6 Å². The van der Waals surface area contributed by atoms with Crippen LogP contribution in [0.2, 0.25) is 0 Å². The molecular weight excluding hydrogens is 218 g/mol. The molecular formula is C10H10F2N2O2. The highest BCUT2D eigenvalue weighted by Crippen LogP contribution is 2.38. The van der Waals surface area contributed by atoms with Crippen LogP contribution in [-0.4, -0.2) is 23.0 Å². The minimum Gasteiger partial charge on any atom is -0.464 e. The van der Waals surface area contributed by atoms with Gasteiger partial charge in [0.25, 0.3) is 6.43 Å². The van der Waals surface area contributed by atoms with E-state index in [1.165, 1.54) is 7.11 Å². The van der Waals surface area contributed by atoms with Crippen LogP contribution in [0.4, 0.5) is 8.78 Å². The summed E-state index contributed by atoms with van der Waals surface area (Å²) in [6.45, 7) is 0. The number of methoxy groups -OCH3 is 1. The molecule has 16 heavy (non-hydrogen) atoms. The summed E-state index contributed by atoms with van der Waals surface area (Å²) in [5, 5.41) is 0. The van der Waals surface area contributed by atoms with E-state index in [-0.39, 0.29) is 11.6 Å². The fraction of sp³-hybridized carbons (Fsp3) is 0.500. The second kappa shape index (κ2) is 4.11. The van der Waals surface area contributed by atoms with Gasteiger partial charge in [-0.15, -0.1) is 0 Å². The minimum absolute atomic E-state index is 0.102. The zero-order valence-corrected chi connectivity index (χ0v) is 8.61. The number of rotatable bonds is 3. The third kappa shape index (κ3) is 2.15. The van der Waals surface area contributed by atoms with Crippen molar-refractivity contribution < 1.29 is 18.3 Å². The van der Waals surface area contributed by atoms with Gasteiger partial charge in [0, 0.05) is 5.92 Å². The minimum atomic E-state index is -2.70. The van der Waals surface area contributed by atoms with Gasteiger partial charge in [-0.05, 0) is 18.9 Å². The number of esters is 1. The number of carbonyl (C=O) groups is 1. The predicted molar refractivity (Wildman–Crippen MR) is 50.3 cm³/mol. The number of hydrogen-bond donors (Lipinski definition) is 0. The molecule has 86 valence electrons. The summed E-state index contributed by atoms with van der Waals surface area (Å²) in [5.41, 5.74) is -0.521. The van der Waals surface area contributed by atoms with Crippen LogP contribution in [0.3, 0.4) is 0 Å². The molecule has 0 amide bonds. The maximum absolute atomic E-state index is 12.5. The van der Waals surface area contributed by atoms with E-state index in [2.05, 4.69) is 14.7 Å². The number of hydrogen-bond acceptors (Lipinski definition) is 4. The second-order valence-corrected chi connectivity index (χ2v) is 3.60. The third-order valence-corrected chi connectivity index (χ3v) is 2.32. The molecule has 0 N–H and O–H groups in total. The van der Waals surface area contributed by atoms with Gasteiger partial charge in [0.05, 0.1) is 7.11 Å². The van der Waals surface area contributed by atoms with E-state index in [1.54, 1.807) is 0 Å². The lowest BCUT2D eigenvalue weighted by Crippen LogP contribution is -2.09. The first-order valence-corrected chi connectivity index (χ1v) is 4.87. The number of ether oxygens (including phenoxy) is 1. The molecule has 2 rings (SSSR count). The molecule has 0 bridgehead atoms. The van der Waals surface area contributed by atoms with Crippen LogP contribution in [0.25, 0.3) is 0 Å².